The molecule has 0 radical (unpaired) electrons. The number of aryl methyl sites for hydroxylation is 2. The van der Waals surface area contributed by atoms with Gasteiger partial charge in [-0.2, -0.15) is 4.98 Å². The topological polar surface area (TPSA) is 45.8 Å². The van der Waals surface area contributed by atoms with E-state index in [0.717, 1.165) is 17.0 Å². The summed E-state index contributed by atoms with van der Waals surface area (Å²) >= 11 is 1.52. The average Bonchev–Trinajstić information content (AvgIpc) is 2.84. The smallest absolute Gasteiger partial charge is 0.312 e. The second kappa shape index (κ2) is 7.20. The van der Waals surface area contributed by atoms with E-state index < -0.39 is 0 Å². The highest BCUT2D eigenvalue weighted by Gasteiger charge is 2.26. The zero-order valence-electron chi connectivity index (χ0n) is 15.7. The number of thioether (sulfide) groups is 1. The van der Waals surface area contributed by atoms with E-state index in [1.54, 1.807) is 0 Å². The van der Waals surface area contributed by atoms with Gasteiger partial charge in [0.1, 0.15) is 5.03 Å². The highest BCUT2D eigenvalue weighted by Crippen LogP contribution is 2.41. The maximum atomic E-state index is 11.8. The lowest BCUT2D eigenvalue weighted by Gasteiger charge is -2.23. The predicted octanol–water partition coefficient (Wildman–Crippen LogP) is 5.03. The fourth-order valence-corrected chi connectivity index (χ4v) is 4.38. The van der Waals surface area contributed by atoms with Crippen LogP contribution >= 0.6 is 11.8 Å². The Morgan fingerprint density at radius 3 is 2.44 bits per heavy atom. The van der Waals surface area contributed by atoms with Gasteiger partial charge in [0.25, 0.3) is 0 Å². The van der Waals surface area contributed by atoms with Crippen LogP contribution in [-0.4, -0.2) is 16.2 Å². The van der Waals surface area contributed by atoms with E-state index in [0.29, 0.717) is 0 Å². The average molecular weight is 375 g/mol. The minimum absolute atomic E-state index is 0.0308. The molecule has 3 nitrogen and oxygen atoms in total. The molecular formula is C23H22N2OS. The second-order valence-corrected chi connectivity index (χ2v) is 7.68. The Bertz CT molecular complexity index is 1100. The zero-order valence-corrected chi connectivity index (χ0v) is 16.6. The molecule has 0 aliphatic heterocycles. The minimum Gasteiger partial charge on any atom is -0.312 e. The van der Waals surface area contributed by atoms with Crippen molar-refractivity contribution in [2.75, 3.05) is 6.26 Å². The van der Waals surface area contributed by atoms with Crippen molar-refractivity contribution in [3.05, 3.63) is 92.0 Å². The van der Waals surface area contributed by atoms with Crippen molar-refractivity contribution < 1.29 is 0 Å². The molecule has 1 N–H and O–H groups in total. The lowest BCUT2D eigenvalue weighted by atomic mass is 9.82. The van der Waals surface area contributed by atoms with Crippen molar-refractivity contribution in [3.8, 4) is 0 Å². The Morgan fingerprint density at radius 1 is 1.04 bits per heavy atom. The third kappa shape index (κ3) is 3.26. The van der Waals surface area contributed by atoms with Crippen LogP contribution in [0.5, 0.6) is 0 Å². The number of nitrogens with zero attached hydrogens (tertiary/aromatic N) is 1. The van der Waals surface area contributed by atoms with E-state index in [-0.39, 0.29) is 11.6 Å². The first kappa shape index (κ1) is 17.8. The van der Waals surface area contributed by atoms with Crippen LogP contribution in [0.2, 0.25) is 0 Å². The van der Waals surface area contributed by atoms with Gasteiger partial charge >= 0.3 is 5.69 Å². The van der Waals surface area contributed by atoms with Gasteiger partial charge in [-0.25, -0.2) is 4.79 Å². The summed E-state index contributed by atoms with van der Waals surface area (Å²) < 4.78 is 0. The molecule has 1 aliphatic rings. The predicted molar refractivity (Wildman–Crippen MR) is 114 cm³/mol. The molecule has 4 rings (SSSR count). The number of aromatic nitrogens is 2. The molecule has 0 bridgehead atoms. The molecule has 1 unspecified atom stereocenters. The number of hydrogen-bond acceptors (Lipinski definition) is 3. The van der Waals surface area contributed by atoms with Crippen LogP contribution in [-0.2, 0) is 6.42 Å². The molecule has 0 saturated carbocycles. The van der Waals surface area contributed by atoms with Crippen LogP contribution in [0.15, 0.2) is 52.4 Å². The summed E-state index contributed by atoms with van der Waals surface area (Å²) in [6.07, 6.45) is 9.23. The molecule has 2 aromatic carbocycles. The molecule has 1 aromatic heterocycles. The normalized spacial score (nSPS) is 15.1. The Kier molecular flexibility index (Phi) is 4.75. The van der Waals surface area contributed by atoms with E-state index >= 15 is 0 Å². The number of rotatable bonds is 3. The fraction of sp³-hybridized carbons (Fsp3) is 0.217. The molecular weight excluding hydrogens is 352 g/mol. The number of aromatic amines is 1. The number of benzene rings is 2. The van der Waals surface area contributed by atoms with Crippen molar-refractivity contribution in [2.24, 2.45) is 0 Å². The van der Waals surface area contributed by atoms with Gasteiger partial charge in [0.15, 0.2) is 0 Å². The first-order valence-electron chi connectivity index (χ1n) is 9.15. The van der Waals surface area contributed by atoms with E-state index in [2.05, 4.69) is 72.4 Å². The van der Waals surface area contributed by atoms with Crippen molar-refractivity contribution in [2.45, 2.75) is 31.2 Å². The Morgan fingerprint density at radius 2 is 1.74 bits per heavy atom. The number of H-pyrrole nitrogens is 1. The Labute approximate surface area is 163 Å². The summed E-state index contributed by atoms with van der Waals surface area (Å²) in [4.78, 5) is 18.8. The summed E-state index contributed by atoms with van der Waals surface area (Å²) in [6, 6.07) is 13.3. The SMILES string of the molecule is CCc1ccc2c(c1)C=Cc1cc(C)ccc1C2c1c[nH]c(=O)nc1SC. The number of fused-ring (bicyclic) bond motifs is 2. The van der Waals surface area contributed by atoms with E-state index in [1.807, 2.05) is 12.5 Å². The van der Waals surface area contributed by atoms with E-state index in [9.17, 15) is 4.79 Å². The molecule has 1 aliphatic carbocycles. The summed E-state index contributed by atoms with van der Waals surface area (Å²) in [5.41, 5.74) is 8.23. The third-order valence-electron chi connectivity index (χ3n) is 5.17. The molecule has 1 atom stereocenters. The molecule has 0 amide bonds. The Hall–Kier alpha value is -2.59. The molecule has 4 heteroatoms. The van der Waals surface area contributed by atoms with Crippen LogP contribution in [0.3, 0.4) is 0 Å². The number of nitrogens with one attached hydrogen (secondary N) is 1. The van der Waals surface area contributed by atoms with Crippen molar-refractivity contribution >= 4 is 23.9 Å². The quantitative estimate of drug-likeness (QED) is 0.404. The first-order valence-corrected chi connectivity index (χ1v) is 10.4. The van der Waals surface area contributed by atoms with Crippen LogP contribution < -0.4 is 5.69 Å². The van der Waals surface area contributed by atoms with Crippen LogP contribution in [0, 0.1) is 6.92 Å². The van der Waals surface area contributed by atoms with Crippen molar-refractivity contribution in [1.29, 1.82) is 0 Å². The summed E-state index contributed by atoms with van der Waals surface area (Å²) in [6.45, 7) is 4.29. The largest absolute Gasteiger partial charge is 0.345 e. The molecule has 1 heterocycles. The van der Waals surface area contributed by atoms with Gasteiger partial charge in [-0.15, -0.1) is 11.8 Å². The standard InChI is InChI=1S/C23H22N2OS/c1-4-15-6-10-19-17(12-15)8-7-16-11-14(2)5-9-18(16)21(19)20-13-24-23(26)25-22(20)27-3/h5-13,21H,4H2,1-3H3,(H,24,25,26). The fourth-order valence-electron chi connectivity index (χ4n) is 3.80. The van der Waals surface area contributed by atoms with Crippen LogP contribution in [0.25, 0.3) is 12.2 Å². The molecule has 3 aromatic rings. The molecule has 0 spiro atoms. The van der Waals surface area contributed by atoms with Crippen molar-refractivity contribution in [3.63, 3.8) is 0 Å². The third-order valence-corrected chi connectivity index (χ3v) is 5.89. The molecule has 0 saturated heterocycles. The minimum atomic E-state index is -0.305. The molecule has 27 heavy (non-hydrogen) atoms. The molecule has 0 fully saturated rings. The Balaban J connectivity index is 2.03. The summed E-state index contributed by atoms with van der Waals surface area (Å²) in [5, 5.41) is 0.780. The van der Waals surface area contributed by atoms with Gasteiger partial charge in [-0.3, -0.25) is 0 Å². The summed E-state index contributed by atoms with van der Waals surface area (Å²) in [5.74, 6) is 0.0308. The van der Waals surface area contributed by atoms with E-state index in [1.165, 1.54) is 45.1 Å². The van der Waals surface area contributed by atoms with Crippen molar-refractivity contribution in [1.82, 2.24) is 9.97 Å². The maximum absolute atomic E-state index is 11.8. The van der Waals surface area contributed by atoms with Gasteiger partial charge in [-0.05, 0) is 47.4 Å². The second-order valence-electron chi connectivity index (χ2n) is 6.89. The highest BCUT2D eigenvalue weighted by molar-refractivity contribution is 7.98. The summed E-state index contributed by atoms with van der Waals surface area (Å²) in [7, 11) is 0. The lowest BCUT2D eigenvalue weighted by Crippen LogP contribution is -2.16. The first-order chi connectivity index (χ1) is 13.1. The number of hydrogen-bond donors (Lipinski definition) is 1. The maximum Gasteiger partial charge on any atom is 0.345 e. The lowest BCUT2D eigenvalue weighted by molar-refractivity contribution is 0.853. The van der Waals surface area contributed by atoms with Crippen LogP contribution in [0.1, 0.15) is 51.8 Å². The van der Waals surface area contributed by atoms with Crippen LogP contribution in [0.4, 0.5) is 0 Å². The van der Waals surface area contributed by atoms with Gasteiger partial charge in [0, 0.05) is 17.7 Å². The van der Waals surface area contributed by atoms with Gasteiger partial charge in [0.2, 0.25) is 0 Å². The van der Waals surface area contributed by atoms with E-state index in [4.69, 9.17) is 0 Å². The van der Waals surface area contributed by atoms with Gasteiger partial charge in [-0.1, -0.05) is 61.0 Å². The van der Waals surface area contributed by atoms with Gasteiger partial charge < -0.3 is 4.98 Å². The van der Waals surface area contributed by atoms with Gasteiger partial charge in [0.05, 0.1) is 0 Å². The molecule has 136 valence electrons. The highest BCUT2D eigenvalue weighted by atomic mass is 32.2. The zero-order chi connectivity index (χ0) is 19.0. The monoisotopic (exact) mass is 374 g/mol.